The van der Waals surface area contributed by atoms with Crippen molar-refractivity contribution >= 4 is 34.5 Å². The van der Waals surface area contributed by atoms with Crippen molar-refractivity contribution in [3.63, 3.8) is 0 Å². The molecule has 0 amide bonds. The Hall–Kier alpha value is -0.795. The highest BCUT2D eigenvalue weighted by Gasteiger charge is 2.40. The zero-order valence-electron chi connectivity index (χ0n) is 19.5. The first kappa shape index (κ1) is 25.2. The molecule has 1 aromatic carbocycles. The molecule has 0 aliphatic heterocycles. The van der Waals surface area contributed by atoms with Crippen molar-refractivity contribution in [3.8, 4) is 0 Å². The smallest absolute Gasteiger partial charge is 0.166 e. The normalized spacial score (nSPS) is 16.0. The predicted molar refractivity (Wildman–Crippen MR) is 125 cm³/mol. The third kappa shape index (κ3) is 5.22. The average molecular weight is 392 g/mol. The maximum Gasteiger partial charge on any atom is 0.415 e. The van der Waals surface area contributed by atoms with Crippen LogP contribution >= 0.6 is 0 Å². The molecule has 6 heteroatoms. The first-order valence-electron chi connectivity index (χ1n) is 11.0. The second-order valence-corrected chi connectivity index (χ2v) is 9.62. The van der Waals surface area contributed by atoms with Crippen molar-refractivity contribution < 1.29 is 13.2 Å². The van der Waals surface area contributed by atoms with Crippen LogP contribution in [0.4, 0.5) is 13.2 Å². The van der Waals surface area contributed by atoms with Crippen molar-refractivity contribution in [1.29, 1.82) is 0 Å². The van der Waals surface area contributed by atoms with Gasteiger partial charge in [0.05, 0.1) is 0 Å². The van der Waals surface area contributed by atoms with E-state index in [1.54, 1.807) is 7.85 Å². The fourth-order valence-corrected chi connectivity index (χ4v) is 5.02. The SMILES string of the molecule is Bc1cc(C(F)(F)F)c(B)c(C(C)(C)CCCC)c1C(B)C(C)(CC)CCC. The van der Waals surface area contributed by atoms with Crippen LogP contribution in [0.2, 0.25) is 0 Å². The number of halogens is 3. The highest BCUT2D eigenvalue weighted by molar-refractivity contribution is 6.39. The van der Waals surface area contributed by atoms with Gasteiger partial charge in [-0.3, -0.25) is 0 Å². The molecular formula is C22H38B3F3. The van der Waals surface area contributed by atoms with E-state index in [0.29, 0.717) is 5.46 Å². The molecule has 2 unspecified atom stereocenters. The van der Waals surface area contributed by atoms with Gasteiger partial charge in [0, 0.05) is 5.56 Å². The molecule has 2 atom stereocenters. The van der Waals surface area contributed by atoms with Crippen LogP contribution in [0.5, 0.6) is 0 Å². The standard InChI is InChI=1S/C22H38B3F3/c1-7-10-12-20(4,5)17-16(19(25)21(6,9-3)11-8-2)15(23)13-14(18(17)24)22(26,27)28/h13,19H,7-12,23-25H2,1-6H3. The molecule has 0 heterocycles. The van der Waals surface area contributed by atoms with Gasteiger partial charge in [0.15, 0.2) is 0 Å². The average Bonchev–Trinajstić information content (AvgIpc) is 2.59. The molecule has 0 nitrogen and oxygen atoms in total. The Morgan fingerprint density at radius 3 is 1.96 bits per heavy atom. The van der Waals surface area contributed by atoms with Crippen LogP contribution in [0.3, 0.4) is 0 Å². The summed E-state index contributed by atoms with van der Waals surface area (Å²) in [5.41, 5.74) is 2.66. The fraction of sp³-hybridized carbons (Fsp3) is 0.727. The van der Waals surface area contributed by atoms with Crippen molar-refractivity contribution in [2.24, 2.45) is 5.41 Å². The predicted octanol–water partition coefficient (Wildman–Crippen LogP) is 3.58. The van der Waals surface area contributed by atoms with E-state index in [2.05, 4.69) is 49.4 Å². The van der Waals surface area contributed by atoms with Gasteiger partial charge in [-0.1, -0.05) is 89.8 Å². The number of hydrogen-bond donors (Lipinski definition) is 0. The molecule has 1 rings (SSSR count). The van der Waals surface area contributed by atoms with E-state index < -0.39 is 11.7 Å². The van der Waals surface area contributed by atoms with Gasteiger partial charge in [-0.2, -0.15) is 13.2 Å². The minimum absolute atomic E-state index is 0.0846. The van der Waals surface area contributed by atoms with E-state index in [-0.39, 0.29) is 16.6 Å². The van der Waals surface area contributed by atoms with Crippen LogP contribution < -0.4 is 10.9 Å². The van der Waals surface area contributed by atoms with Gasteiger partial charge in [-0.25, -0.2) is 0 Å². The Kier molecular flexibility index (Phi) is 8.43. The largest absolute Gasteiger partial charge is 0.415 e. The van der Waals surface area contributed by atoms with Crippen LogP contribution in [0, 0.1) is 5.41 Å². The van der Waals surface area contributed by atoms with Gasteiger partial charge in [0.25, 0.3) is 0 Å². The molecule has 0 N–H and O–H groups in total. The van der Waals surface area contributed by atoms with E-state index in [1.807, 2.05) is 7.85 Å². The summed E-state index contributed by atoms with van der Waals surface area (Å²) in [7, 11) is 5.79. The lowest BCUT2D eigenvalue weighted by Crippen LogP contribution is -2.41. The molecule has 0 aromatic heterocycles. The Labute approximate surface area is 173 Å². The van der Waals surface area contributed by atoms with Gasteiger partial charge >= 0.3 is 6.18 Å². The number of rotatable bonds is 9. The molecule has 0 saturated carbocycles. The number of alkyl halides is 3. The van der Waals surface area contributed by atoms with Gasteiger partial charge in [0.2, 0.25) is 0 Å². The monoisotopic (exact) mass is 392 g/mol. The summed E-state index contributed by atoms with van der Waals surface area (Å²) in [6.07, 6.45) is 1.85. The van der Waals surface area contributed by atoms with Crippen LogP contribution in [0.25, 0.3) is 0 Å². The molecule has 0 bridgehead atoms. The van der Waals surface area contributed by atoms with Gasteiger partial charge < -0.3 is 0 Å². The molecule has 0 saturated heterocycles. The van der Waals surface area contributed by atoms with Crippen LogP contribution in [0.15, 0.2) is 6.07 Å². The molecule has 0 radical (unpaired) electrons. The number of hydrogen-bond acceptors (Lipinski definition) is 0. The Bertz CT molecular complexity index is 668. The topological polar surface area (TPSA) is 0 Å². The summed E-state index contributed by atoms with van der Waals surface area (Å²) < 4.78 is 41.4. The second kappa shape index (κ2) is 9.35. The van der Waals surface area contributed by atoms with Crippen LogP contribution in [-0.4, -0.2) is 23.5 Å². The lowest BCUT2D eigenvalue weighted by Gasteiger charge is -2.41. The van der Waals surface area contributed by atoms with E-state index in [1.165, 1.54) is 6.07 Å². The van der Waals surface area contributed by atoms with Gasteiger partial charge in [-0.05, 0) is 35.1 Å². The summed E-state index contributed by atoms with van der Waals surface area (Å²) in [4.78, 5) is 0. The fourth-order valence-electron chi connectivity index (χ4n) is 5.02. The zero-order valence-corrected chi connectivity index (χ0v) is 19.5. The number of benzene rings is 1. The summed E-state index contributed by atoms with van der Waals surface area (Å²) in [5.74, 6) is 0.217. The molecule has 156 valence electrons. The van der Waals surface area contributed by atoms with E-state index in [9.17, 15) is 13.2 Å². The van der Waals surface area contributed by atoms with E-state index in [0.717, 1.165) is 55.1 Å². The Morgan fingerprint density at radius 1 is 0.964 bits per heavy atom. The van der Waals surface area contributed by atoms with Crippen molar-refractivity contribution in [2.45, 2.75) is 97.5 Å². The highest BCUT2D eigenvalue weighted by Crippen LogP contribution is 2.44. The Balaban J connectivity index is 3.83. The molecule has 0 spiro atoms. The summed E-state index contributed by atoms with van der Waals surface area (Å²) in [5, 5.41) is 0. The second-order valence-electron chi connectivity index (χ2n) is 9.62. The van der Waals surface area contributed by atoms with Crippen molar-refractivity contribution in [1.82, 2.24) is 0 Å². The minimum atomic E-state index is -4.32. The van der Waals surface area contributed by atoms with Crippen LogP contribution in [0.1, 0.15) is 103 Å². The highest BCUT2D eigenvalue weighted by atomic mass is 19.4. The summed E-state index contributed by atoms with van der Waals surface area (Å²) in [6, 6.07) is 1.39. The molecule has 0 fully saturated rings. The van der Waals surface area contributed by atoms with Gasteiger partial charge in [-0.15, -0.1) is 0 Å². The first-order chi connectivity index (χ1) is 12.8. The van der Waals surface area contributed by atoms with Crippen molar-refractivity contribution in [2.75, 3.05) is 0 Å². The summed E-state index contributed by atoms with van der Waals surface area (Å²) >= 11 is 0. The maximum atomic E-state index is 13.8. The molecule has 1 aromatic rings. The Morgan fingerprint density at radius 2 is 1.54 bits per heavy atom. The van der Waals surface area contributed by atoms with E-state index >= 15 is 0 Å². The lowest BCUT2D eigenvalue weighted by molar-refractivity contribution is -0.136. The van der Waals surface area contributed by atoms with Crippen molar-refractivity contribution in [3.05, 3.63) is 22.8 Å². The molecule has 28 heavy (non-hydrogen) atoms. The quantitative estimate of drug-likeness (QED) is 0.564. The van der Waals surface area contributed by atoms with Crippen LogP contribution in [-0.2, 0) is 11.6 Å². The summed E-state index contributed by atoms with van der Waals surface area (Å²) in [6.45, 7) is 13.1. The molecular weight excluding hydrogens is 354 g/mol. The first-order valence-corrected chi connectivity index (χ1v) is 11.0. The zero-order chi connectivity index (χ0) is 21.9. The lowest BCUT2D eigenvalue weighted by atomic mass is 9.54. The number of unbranched alkanes of at least 4 members (excludes halogenated alkanes) is 1. The third-order valence-corrected chi connectivity index (χ3v) is 7.08. The molecule has 0 aliphatic rings. The van der Waals surface area contributed by atoms with E-state index in [4.69, 9.17) is 0 Å². The maximum absolute atomic E-state index is 13.8. The minimum Gasteiger partial charge on any atom is -0.166 e. The van der Waals surface area contributed by atoms with Gasteiger partial charge in [0.1, 0.15) is 23.5 Å². The molecule has 0 aliphatic carbocycles. The third-order valence-electron chi connectivity index (χ3n) is 7.08.